The molecule has 0 amide bonds. The van der Waals surface area contributed by atoms with E-state index >= 15 is 0 Å². The van der Waals surface area contributed by atoms with E-state index in [1.54, 1.807) is 6.21 Å². The van der Waals surface area contributed by atoms with Crippen molar-refractivity contribution in [3.63, 3.8) is 0 Å². The van der Waals surface area contributed by atoms with Crippen molar-refractivity contribution in [2.45, 2.75) is 6.42 Å². The van der Waals surface area contributed by atoms with E-state index in [9.17, 15) is 0 Å². The Kier molecular flexibility index (Phi) is 5.30. The molecule has 2 nitrogen and oxygen atoms in total. The van der Waals surface area contributed by atoms with E-state index < -0.39 is 0 Å². The summed E-state index contributed by atoms with van der Waals surface area (Å²) in [4.78, 5) is 4.52. The van der Waals surface area contributed by atoms with Gasteiger partial charge in [-0.3, -0.25) is 0 Å². The van der Waals surface area contributed by atoms with E-state index in [1.807, 2.05) is 0 Å². The van der Waals surface area contributed by atoms with Gasteiger partial charge < -0.3 is 4.84 Å². The van der Waals surface area contributed by atoms with E-state index in [2.05, 4.69) is 22.8 Å². The molecule has 0 aromatic carbocycles. The van der Waals surface area contributed by atoms with Crippen LogP contribution in [0.15, 0.2) is 5.16 Å². The average molecular weight is 110 g/mol. The zero-order valence-corrected chi connectivity index (χ0v) is 4.63. The predicted octanol–water partition coefficient (Wildman–Crippen LogP) is 0.846. The van der Waals surface area contributed by atoms with Crippen LogP contribution in [0.1, 0.15) is 6.42 Å². The maximum absolute atomic E-state index is 4.85. The third kappa shape index (κ3) is 5.03. The van der Waals surface area contributed by atoms with Gasteiger partial charge in [0.25, 0.3) is 0 Å². The zero-order valence-electron chi connectivity index (χ0n) is 4.63. The average Bonchev–Trinajstić information content (AvgIpc) is 1.81. The van der Waals surface area contributed by atoms with Gasteiger partial charge in [0.15, 0.2) is 6.61 Å². The van der Waals surface area contributed by atoms with Gasteiger partial charge in [-0.05, 0) is 13.3 Å². The molecule has 0 spiro atoms. The summed E-state index contributed by atoms with van der Waals surface area (Å²) >= 11 is 0. The highest BCUT2D eigenvalue weighted by Crippen LogP contribution is 1.72. The number of rotatable bonds is 3. The minimum Gasteiger partial charge on any atom is -0.383 e. The first kappa shape index (κ1) is 7.03. The number of terminal acetylenes is 1. The molecule has 0 heterocycles. The quantitative estimate of drug-likeness (QED) is 0.228. The molecule has 1 radical (unpaired) electrons. The van der Waals surface area contributed by atoms with Crippen molar-refractivity contribution in [3.8, 4) is 12.3 Å². The SMILES string of the molecule is C#CCON=CC[CH2]. The van der Waals surface area contributed by atoms with Crippen LogP contribution < -0.4 is 0 Å². The third-order valence-electron chi connectivity index (χ3n) is 0.426. The van der Waals surface area contributed by atoms with Crippen molar-refractivity contribution in [2.24, 2.45) is 5.16 Å². The van der Waals surface area contributed by atoms with Gasteiger partial charge in [0.2, 0.25) is 0 Å². The Bertz CT molecular complexity index is 102. The molecule has 0 aromatic rings. The van der Waals surface area contributed by atoms with Crippen molar-refractivity contribution in [3.05, 3.63) is 6.92 Å². The summed E-state index contributed by atoms with van der Waals surface area (Å²) in [6.45, 7) is 3.73. The fraction of sp³-hybridized carbons (Fsp3) is 0.333. The minimum atomic E-state index is 0.233. The Labute approximate surface area is 49.5 Å². The number of hydrogen-bond acceptors (Lipinski definition) is 2. The van der Waals surface area contributed by atoms with Crippen LogP contribution in [-0.4, -0.2) is 12.8 Å². The van der Waals surface area contributed by atoms with Gasteiger partial charge in [-0.25, -0.2) is 0 Å². The van der Waals surface area contributed by atoms with Gasteiger partial charge in [-0.1, -0.05) is 11.1 Å². The van der Waals surface area contributed by atoms with Crippen LogP contribution >= 0.6 is 0 Å². The summed E-state index contributed by atoms with van der Waals surface area (Å²) in [6.07, 6.45) is 7.03. The van der Waals surface area contributed by atoms with Crippen LogP contribution in [0.4, 0.5) is 0 Å². The van der Waals surface area contributed by atoms with E-state index in [-0.39, 0.29) is 6.61 Å². The smallest absolute Gasteiger partial charge is 0.177 e. The van der Waals surface area contributed by atoms with Gasteiger partial charge in [0.05, 0.1) is 0 Å². The van der Waals surface area contributed by atoms with Crippen LogP contribution in [-0.2, 0) is 4.84 Å². The predicted molar refractivity (Wildman–Crippen MR) is 33.3 cm³/mol. The van der Waals surface area contributed by atoms with Crippen molar-refractivity contribution >= 4 is 6.21 Å². The molecule has 0 fully saturated rings. The lowest BCUT2D eigenvalue weighted by atomic mass is 10.6. The van der Waals surface area contributed by atoms with E-state index in [4.69, 9.17) is 6.42 Å². The summed E-state index contributed by atoms with van der Waals surface area (Å²) in [5.41, 5.74) is 0. The lowest BCUT2D eigenvalue weighted by Crippen LogP contribution is -1.81. The Morgan fingerprint density at radius 2 is 2.62 bits per heavy atom. The molecule has 43 valence electrons. The molecule has 0 aliphatic carbocycles. The fourth-order valence-electron chi connectivity index (χ4n) is 0.180. The molecular weight excluding hydrogens is 102 g/mol. The van der Waals surface area contributed by atoms with Crippen LogP contribution in [0.2, 0.25) is 0 Å². The summed E-state index contributed by atoms with van der Waals surface area (Å²) in [5.74, 6) is 2.27. The molecule has 2 heteroatoms. The van der Waals surface area contributed by atoms with Crippen LogP contribution in [0.25, 0.3) is 0 Å². The fourth-order valence-corrected chi connectivity index (χ4v) is 0.180. The topological polar surface area (TPSA) is 21.6 Å². The monoisotopic (exact) mass is 110 g/mol. The van der Waals surface area contributed by atoms with Gasteiger partial charge in [-0.2, -0.15) is 0 Å². The standard InChI is InChI=1S/C6H8NO/c1-3-5-7-8-6-4-2/h2,5H,1,3,6H2. The highest BCUT2D eigenvalue weighted by molar-refractivity contribution is 5.56. The highest BCUT2D eigenvalue weighted by Gasteiger charge is 1.69. The first-order valence-electron chi connectivity index (χ1n) is 2.28. The van der Waals surface area contributed by atoms with Crippen LogP contribution in [0, 0.1) is 19.3 Å². The van der Waals surface area contributed by atoms with E-state index in [0.717, 1.165) is 0 Å². The normalized spacial score (nSPS) is 9.00. The Hall–Kier alpha value is -0.970. The summed E-state index contributed by atoms with van der Waals surface area (Å²) in [5, 5.41) is 3.45. The lowest BCUT2D eigenvalue weighted by Gasteiger charge is -1.85. The van der Waals surface area contributed by atoms with Crippen LogP contribution in [0.5, 0.6) is 0 Å². The molecule has 0 aliphatic rings. The maximum Gasteiger partial charge on any atom is 0.177 e. The second kappa shape index (κ2) is 6.03. The molecule has 0 saturated heterocycles. The Morgan fingerprint density at radius 3 is 3.12 bits per heavy atom. The van der Waals surface area contributed by atoms with Gasteiger partial charge in [-0.15, -0.1) is 6.42 Å². The lowest BCUT2D eigenvalue weighted by molar-refractivity contribution is 0.181. The molecule has 0 rings (SSSR count). The first-order chi connectivity index (χ1) is 3.91. The minimum absolute atomic E-state index is 0.233. The van der Waals surface area contributed by atoms with Gasteiger partial charge in [0, 0.05) is 6.21 Å². The molecular formula is C6H8NO. The molecule has 0 saturated carbocycles. The molecule has 0 aliphatic heterocycles. The summed E-state index contributed by atoms with van der Waals surface area (Å²) in [6, 6.07) is 0. The largest absolute Gasteiger partial charge is 0.383 e. The summed E-state index contributed by atoms with van der Waals surface area (Å²) < 4.78 is 0. The zero-order chi connectivity index (χ0) is 6.24. The van der Waals surface area contributed by atoms with Crippen molar-refractivity contribution in [2.75, 3.05) is 6.61 Å². The third-order valence-corrected chi connectivity index (χ3v) is 0.426. The van der Waals surface area contributed by atoms with Crippen molar-refractivity contribution in [1.82, 2.24) is 0 Å². The number of nitrogens with zero attached hydrogens (tertiary/aromatic N) is 1. The second-order valence-electron chi connectivity index (χ2n) is 1.05. The highest BCUT2D eigenvalue weighted by atomic mass is 16.6. The first-order valence-corrected chi connectivity index (χ1v) is 2.28. The second-order valence-corrected chi connectivity index (χ2v) is 1.05. The number of oxime groups is 1. The molecule has 0 bridgehead atoms. The maximum atomic E-state index is 4.85. The van der Waals surface area contributed by atoms with Crippen molar-refractivity contribution < 1.29 is 4.84 Å². The van der Waals surface area contributed by atoms with Gasteiger partial charge >= 0.3 is 0 Å². The molecule has 0 atom stereocenters. The molecule has 0 aromatic heterocycles. The number of hydrogen-bond donors (Lipinski definition) is 0. The van der Waals surface area contributed by atoms with E-state index in [1.165, 1.54) is 0 Å². The Balaban J connectivity index is 2.94. The Morgan fingerprint density at radius 1 is 1.88 bits per heavy atom. The van der Waals surface area contributed by atoms with Gasteiger partial charge in [0.1, 0.15) is 0 Å². The molecule has 0 unspecified atom stereocenters. The van der Waals surface area contributed by atoms with Crippen molar-refractivity contribution in [1.29, 1.82) is 0 Å². The molecule has 8 heavy (non-hydrogen) atoms. The van der Waals surface area contributed by atoms with E-state index in [0.29, 0.717) is 6.42 Å². The summed E-state index contributed by atoms with van der Waals surface area (Å²) in [7, 11) is 0. The molecule has 0 N–H and O–H groups in total. The van der Waals surface area contributed by atoms with Crippen LogP contribution in [0.3, 0.4) is 0 Å².